The van der Waals surface area contributed by atoms with Gasteiger partial charge >= 0.3 is 0 Å². The molecule has 1 atom stereocenters. The van der Waals surface area contributed by atoms with Crippen molar-refractivity contribution in [1.29, 1.82) is 5.26 Å². The van der Waals surface area contributed by atoms with Gasteiger partial charge in [0.25, 0.3) is 0 Å². The normalized spacial score (nSPS) is 19.1. The summed E-state index contributed by atoms with van der Waals surface area (Å²) in [5, 5.41) is 13.0. The second-order valence-electron chi connectivity index (χ2n) is 7.59. The minimum absolute atomic E-state index is 0.0137. The van der Waals surface area contributed by atoms with E-state index >= 15 is 0 Å². The van der Waals surface area contributed by atoms with Gasteiger partial charge in [-0.3, -0.25) is 14.5 Å². The molecule has 0 bridgehead atoms. The number of nitrogens with zero attached hydrogens (tertiary/aromatic N) is 4. The van der Waals surface area contributed by atoms with Crippen molar-refractivity contribution in [2.75, 3.05) is 11.4 Å². The van der Waals surface area contributed by atoms with Gasteiger partial charge in [-0.15, -0.1) is 0 Å². The third-order valence-corrected chi connectivity index (χ3v) is 5.60. The van der Waals surface area contributed by atoms with Crippen LogP contribution in [0.15, 0.2) is 22.7 Å². The van der Waals surface area contributed by atoms with Crippen molar-refractivity contribution in [1.82, 2.24) is 10.1 Å². The molecule has 4 rings (SSSR count). The van der Waals surface area contributed by atoms with E-state index < -0.39 is 5.82 Å². The molecule has 0 saturated carbocycles. The summed E-state index contributed by atoms with van der Waals surface area (Å²) >= 11 is 0. The molecule has 1 saturated heterocycles. The molecule has 0 unspecified atom stereocenters. The molecule has 0 radical (unpaired) electrons. The molecular weight excluding hydrogens is 375 g/mol. The number of piperidine rings is 1. The Morgan fingerprint density at radius 2 is 2.24 bits per heavy atom. The topological polar surface area (TPSA) is 90.4 Å². The van der Waals surface area contributed by atoms with E-state index in [2.05, 4.69) is 5.16 Å². The molecule has 1 aromatic carbocycles. The van der Waals surface area contributed by atoms with Gasteiger partial charge in [0.2, 0.25) is 17.7 Å². The van der Waals surface area contributed by atoms with Gasteiger partial charge in [-0.05, 0) is 37.5 Å². The highest BCUT2D eigenvalue weighted by Crippen LogP contribution is 2.33. The Balaban J connectivity index is 1.54. The SMILES string of the molecule is C[C@H]1Cc2noc(N3CCCCC3=O)c2CN1C(=O)Cc1ccc(C#N)c(F)c1. The Kier molecular flexibility index (Phi) is 5.05. The largest absolute Gasteiger partial charge is 0.338 e. The number of fused-ring (bicyclic) bond motifs is 1. The Hall–Kier alpha value is -3.21. The first kappa shape index (κ1) is 19.1. The van der Waals surface area contributed by atoms with Crippen molar-refractivity contribution in [3.8, 4) is 6.07 Å². The highest BCUT2D eigenvalue weighted by Gasteiger charge is 2.35. The average molecular weight is 396 g/mol. The molecule has 0 aliphatic carbocycles. The number of anilines is 1. The van der Waals surface area contributed by atoms with Gasteiger partial charge in [0.15, 0.2) is 0 Å². The molecule has 2 amide bonds. The van der Waals surface area contributed by atoms with Crippen LogP contribution in [-0.2, 0) is 29.0 Å². The maximum absolute atomic E-state index is 13.9. The number of hydrogen-bond donors (Lipinski definition) is 0. The van der Waals surface area contributed by atoms with Gasteiger partial charge in [-0.2, -0.15) is 5.26 Å². The van der Waals surface area contributed by atoms with Crippen molar-refractivity contribution in [3.05, 3.63) is 46.4 Å². The Labute approximate surface area is 167 Å². The summed E-state index contributed by atoms with van der Waals surface area (Å²) in [4.78, 5) is 28.6. The third-order valence-electron chi connectivity index (χ3n) is 5.60. The molecule has 2 aromatic rings. The van der Waals surface area contributed by atoms with Crippen LogP contribution in [-0.4, -0.2) is 34.5 Å². The number of halogens is 1. The quantitative estimate of drug-likeness (QED) is 0.796. The number of carbonyl (C=O) groups is 2. The van der Waals surface area contributed by atoms with E-state index in [1.54, 1.807) is 21.9 Å². The van der Waals surface area contributed by atoms with E-state index in [9.17, 15) is 14.0 Å². The summed E-state index contributed by atoms with van der Waals surface area (Å²) in [7, 11) is 0. The second-order valence-corrected chi connectivity index (χ2v) is 7.59. The number of rotatable bonds is 3. The van der Waals surface area contributed by atoms with Crippen molar-refractivity contribution in [2.24, 2.45) is 0 Å². The Morgan fingerprint density at radius 1 is 1.41 bits per heavy atom. The first-order valence-corrected chi connectivity index (χ1v) is 9.73. The number of hydrogen-bond acceptors (Lipinski definition) is 5. The first-order chi connectivity index (χ1) is 14.0. The lowest BCUT2D eigenvalue weighted by molar-refractivity contribution is -0.133. The van der Waals surface area contributed by atoms with E-state index in [4.69, 9.17) is 9.78 Å². The molecule has 2 aliphatic rings. The van der Waals surface area contributed by atoms with Crippen LogP contribution in [0.1, 0.15) is 48.6 Å². The zero-order chi connectivity index (χ0) is 20.5. The maximum atomic E-state index is 13.9. The van der Waals surface area contributed by atoms with Gasteiger partial charge in [0.05, 0.1) is 29.8 Å². The Bertz CT molecular complexity index is 1010. The van der Waals surface area contributed by atoms with Gasteiger partial charge in [-0.1, -0.05) is 11.2 Å². The second kappa shape index (κ2) is 7.66. The van der Waals surface area contributed by atoms with E-state index in [1.807, 2.05) is 6.92 Å². The number of benzene rings is 1. The van der Waals surface area contributed by atoms with Crippen molar-refractivity contribution in [2.45, 2.75) is 51.6 Å². The minimum Gasteiger partial charge on any atom is -0.338 e. The van der Waals surface area contributed by atoms with Crippen LogP contribution in [0.25, 0.3) is 0 Å². The minimum atomic E-state index is -0.628. The first-order valence-electron chi connectivity index (χ1n) is 9.73. The van der Waals surface area contributed by atoms with Crippen LogP contribution in [0.2, 0.25) is 0 Å². The van der Waals surface area contributed by atoms with Gasteiger partial charge < -0.3 is 9.42 Å². The molecule has 1 fully saturated rings. The zero-order valence-corrected chi connectivity index (χ0v) is 16.2. The molecule has 1 aromatic heterocycles. The van der Waals surface area contributed by atoms with Gasteiger partial charge in [-0.25, -0.2) is 4.39 Å². The lowest BCUT2D eigenvalue weighted by Gasteiger charge is -2.34. The summed E-state index contributed by atoms with van der Waals surface area (Å²) in [5.74, 6) is -0.320. The lowest BCUT2D eigenvalue weighted by atomic mass is 9.99. The third kappa shape index (κ3) is 3.60. The number of aromatic nitrogens is 1. The molecule has 7 nitrogen and oxygen atoms in total. The standard InChI is InChI=1S/C21H21FN4O3/c1-13-8-18-16(21(29-24-18)25-7-3-2-4-19(25)27)12-26(13)20(28)10-14-5-6-15(11-23)17(22)9-14/h5-6,9,13H,2-4,7-8,10,12H2,1H3/t13-/m0/s1. The summed E-state index contributed by atoms with van der Waals surface area (Å²) in [5.41, 5.74) is 2.02. The van der Waals surface area contributed by atoms with Crippen molar-refractivity contribution in [3.63, 3.8) is 0 Å². The van der Waals surface area contributed by atoms with Gasteiger partial charge in [0, 0.05) is 25.4 Å². The highest BCUT2D eigenvalue weighted by molar-refractivity contribution is 5.93. The number of nitriles is 1. The molecule has 150 valence electrons. The van der Waals surface area contributed by atoms with Crippen LogP contribution in [0.5, 0.6) is 0 Å². The summed E-state index contributed by atoms with van der Waals surface area (Å²) in [6.45, 7) is 2.83. The summed E-state index contributed by atoms with van der Waals surface area (Å²) in [6.07, 6.45) is 2.83. The average Bonchev–Trinajstić information content (AvgIpc) is 3.10. The Morgan fingerprint density at radius 3 is 2.97 bits per heavy atom. The summed E-state index contributed by atoms with van der Waals surface area (Å²) < 4.78 is 19.4. The van der Waals surface area contributed by atoms with Crippen LogP contribution < -0.4 is 4.90 Å². The fourth-order valence-electron chi connectivity index (χ4n) is 3.97. The fraction of sp³-hybridized carbons (Fsp3) is 0.429. The van der Waals surface area contributed by atoms with Crippen molar-refractivity contribution < 1.29 is 18.5 Å². The maximum Gasteiger partial charge on any atom is 0.239 e. The van der Waals surface area contributed by atoms with Crippen LogP contribution in [0.3, 0.4) is 0 Å². The van der Waals surface area contributed by atoms with Crippen LogP contribution in [0, 0.1) is 17.1 Å². The zero-order valence-electron chi connectivity index (χ0n) is 16.2. The smallest absolute Gasteiger partial charge is 0.239 e. The molecule has 3 heterocycles. The van der Waals surface area contributed by atoms with Gasteiger partial charge in [0.1, 0.15) is 11.9 Å². The monoisotopic (exact) mass is 396 g/mol. The van der Waals surface area contributed by atoms with E-state index in [0.717, 1.165) is 24.1 Å². The predicted molar refractivity (Wildman–Crippen MR) is 101 cm³/mol. The van der Waals surface area contributed by atoms with Crippen LogP contribution >= 0.6 is 0 Å². The molecule has 29 heavy (non-hydrogen) atoms. The fourth-order valence-corrected chi connectivity index (χ4v) is 3.97. The molecule has 2 aliphatic heterocycles. The van der Waals surface area contributed by atoms with E-state index in [-0.39, 0.29) is 29.8 Å². The lowest BCUT2D eigenvalue weighted by Crippen LogP contribution is -2.44. The number of carbonyl (C=O) groups excluding carboxylic acids is 2. The number of amides is 2. The molecular formula is C21H21FN4O3. The van der Waals surface area contributed by atoms with E-state index in [0.29, 0.717) is 37.4 Å². The molecule has 0 spiro atoms. The van der Waals surface area contributed by atoms with Crippen LogP contribution in [0.4, 0.5) is 10.3 Å². The molecule has 8 heteroatoms. The molecule has 0 N–H and O–H groups in total. The van der Waals surface area contributed by atoms with E-state index in [1.165, 1.54) is 12.1 Å². The van der Waals surface area contributed by atoms with Crippen molar-refractivity contribution >= 4 is 17.7 Å². The highest BCUT2D eigenvalue weighted by atomic mass is 19.1. The summed E-state index contributed by atoms with van der Waals surface area (Å²) in [6, 6.07) is 5.89. The predicted octanol–water partition coefficient (Wildman–Crippen LogP) is 2.72.